The Morgan fingerprint density at radius 2 is 1.84 bits per heavy atom. The van der Waals surface area contributed by atoms with Crippen LogP contribution in [0, 0.1) is 18.8 Å². The third-order valence-corrected chi connectivity index (χ3v) is 15.8. The molecule has 1 aromatic heterocycles. The van der Waals surface area contributed by atoms with Crippen LogP contribution in [0.15, 0.2) is 30.4 Å². The minimum atomic E-state index is -3.99. The van der Waals surface area contributed by atoms with Gasteiger partial charge in [-0.15, -0.1) is 0 Å². The zero-order valence-corrected chi connectivity index (χ0v) is 37.7. The summed E-state index contributed by atoms with van der Waals surface area (Å²) in [5.41, 5.74) is -0.760. The highest BCUT2D eigenvalue weighted by Crippen LogP contribution is 2.49. The molecule has 4 fully saturated rings. The quantitative estimate of drug-likeness (QED) is 0.263. The van der Waals surface area contributed by atoms with Crippen molar-refractivity contribution in [2.75, 3.05) is 46.0 Å². The Kier molecular flexibility index (Phi) is 12.2. The lowest BCUT2D eigenvalue weighted by molar-refractivity contribution is -0.159. The third-order valence-electron chi connectivity index (χ3n) is 13.7. The van der Waals surface area contributed by atoms with Crippen molar-refractivity contribution >= 4 is 44.6 Å². The Bertz CT molecular complexity index is 2230. The van der Waals surface area contributed by atoms with Crippen LogP contribution in [-0.4, -0.2) is 120 Å². The molecular formula is C46H63N5O10S. The van der Waals surface area contributed by atoms with Gasteiger partial charge < -0.3 is 29.2 Å². The second kappa shape index (κ2) is 17.0. The Hall–Kier alpha value is -4.28. The number of pyridine rings is 1. The van der Waals surface area contributed by atoms with Gasteiger partial charge in [-0.2, -0.15) is 0 Å². The van der Waals surface area contributed by atoms with Crippen molar-refractivity contribution in [2.24, 2.45) is 11.8 Å². The van der Waals surface area contributed by atoms with E-state index in [-0.39, 0.29) is 31.7 Å². The fraction of sp³-hybridized carbons (Fsp3) is 0.674. The number of ether oxygens (including phenoxy) is 4. The minimum absolute atomic E-state index is 0.0750. The molecule has 2 saturated carbocycles. The van der Waals surface area contributed by atoms with Crippen molar-refractivity contribution in [3.63, 3.8) is 0 Å². The number of carbonyl (C=O) groups is 4. The lowest BCUT2D eigenvalue weighted by Crippen LogP contribution is -2.57. The number of aryl methyl sites for hydroxylation is 2. The molecule has 4 aliphatic heterocycles. The summed E-state index contributed by atoms with van der Waals surface area (Å²) in [5.74, 6) is -2.02. The predicted octanol–water partition coefficient (Wildman–Crippen LogP) is 4.66. The highest BCUT2D eigenvalue weighted by Gasteiger charge is 2.64. The van der Waals surface area contributed by atoms with Gasteiger partial charge in [-0.25, -0.2) is 13.4 Å². The summed E-state index contributed by atoms with van der Waals surface area (Å²) in [5, 5.41) is 3.90. The van der Waals surface area contributed by atoms with Crippen LogP contribution in [0.4, 0.5) is 0 Å². The molecule has 2 N–H and O–H groups in total. The average Bonchev–Trinajstić information content (AvgIpc) is 4.11. The molecule has 2 saturated heterocycles. The average molecular weight is 878 g/mol. The van der Waals surface area contributed by atoms with Gasteiger partial charge >= 0.3 is 5.97 Å². The van der Waals surface area contributed by atoms with Crippen LogP contribution in [0.3, 0.4) is 0 Å². The van der Waals surface area contributed by atoms with Crippen molar-refractivity contribution in [2.45, 2.75) is 139 Å². The Balaban J connectivity index is 1.09. The number of aromatic nitrogens is 1. The monoisotopic (exact) mass is 877 g/mol. The number of amides is 3. The van der Waals surface area contributed by atoms with E-state index < -0.39 is 67.2 Å². The van der Waals surface area contributed by atoms with Crippen LogP contribution in [0.1, 0.15) is 110 Å². The number of benzene rings is 1. The maximum Gasteiger partial charge on any atom is 0.307 e. The van der Waals surface area contributed by atoms with Gasteiger partial charge in [0.15, 0.2) is 0 Å². The highest BCUT2D eigenvalue weighted by atomic mass is 32.2. The maximum atomic E-state index is 14.9. The first kappa shape index (κ1) is 44.3. The number of nitrogens with one attached hydrogen (secondary N) is 2. The molecule has 1 spiro atoms. The van der Waals surface area contributed by atoms with Gasteiger partial charge in [0.25, 0.3) is 5.91 Å². The Morgan fingerprint density at radius 1 is 1.06 bits per heavy atom. The number of allylic oxidation sites excluding steroid dienone is 1. The van der Waals surface area contributed by atoms with E-state index in [4.69, 9.17) is 23.9 Å². The lowest BCUT2D eigenvalue weighted by Gasteiger charge is -2.36. The molecule has 16 heteroatoms. The van der Waals surface area contributed by atoms with E-state index in [1.165, 1.54) is 0 Å². The molecule has 0 bridgehead atoms. The van der Waals surface area contributed by atoms with E-state index in [0.29, 0.717) is 63.0 Å². The Labute approximate surface area is 365 Å². The van der Waals surface area contributed by atoms with E-state index in [2.05, 4.69) is 14.9 Å². The summed E-state index contributed by atoms with van der Waals surface area (Å²) in [6, 6.07) is 4.83. The van der Waals surface area contributed by atoms with Gasteiger partial charge in [0.1, 0.15) is 40.9 Å². The topological polar surface area (TPSA) is 183 Å². The van der Waals surface area contributed by atoms with Crippen LogP contribution in [0.2, 0.25) is 0 Å². The molecule has 62 heavy (non-hydrogen) atoms. The summed E-state index contributed by atoms with van der Waals surface area (Å²) in [4.78, 5) is 65.9. The second-order valence-corrected chi connectivity index (χ2v) is 21.9. The van der Waals surface area contributed by atoms with Gasteiger partial charge in [0, 0.05) is 48.8 Å². The van der Waals surface area contributed by atoms with Crippen molar-refractivity contribution in [3.05, 3.63) is 41.6 Å². The summed E-state index contributed by atoms with van der Waals surface area (Å²) < 4.78 is 52.3. The number of nitrogens with zero attached hydrogens (tertiary/aromatic N) is 3. The zero-order valence-electron chi connectivity index (χ0n) is 36.9. The molecule has 338 valence electrons. The molecule has 3 amide bonds. The normalized spacial score (nSPS) is 29.5. The molecular weight excluding hydrogens is 815 g/mol. The molecule has 15 nitrogen and oxygen atoms in total. The van der Waals surface area contributed by atoms with Crippen LogP contribution < -0.4 is 19.5 Å². The van der Waals surface area contributed by atoms with Crippen molar-refractivity contribution < 1.29 is 46.5 Å². The molecule has 0 radical (unpaired) electrons. The second-order valence-electron chi connectivity index (χ2n) is 19.7. The number of esters is 1. The van der Waals surface area contributed by atoms with Gasteiger partial charge in [0.2, 0.25) is 21.8 Å². The van der Waals surface area contributed by atoms with Crippen molar-refractivity contribution in [1.82, 2.24) is 24.8 Å². The number of rotatable bonds is 9. The fourth-order valence-corrected chi connectivity index (χ4v) is 10.9. The van der Waals surface area contributed by atoms with Crippen LogP contribution in [-0.2, 0) is 45.1 Å². The molecule has 2 aromatic rings. The number of sulfonamides is 1. The maximum absolute atomic E-state index is 14.9. The van der Waals surface area contributed by atoms with E-state index in [9.17, 15) is 27.6 Å². The van der Waals surface area contributed by atoms with E-state index >= 15 is 0 Å². The highest BCUT2D eigenvalue weighted by molar-refractivity contribution is 7.91. The van der Waals surface area contributed by atoms with Crippen LogP contribution in [0.5, 0.6) is 11.5 Å². The molecule has 1 aromatic carbocycles. The van der Waals surface area contributed by atoms with E-state index in [0.717, 1.165) is 67.9 Å². The summed E-state index contributed by atoms with van der Waals surface area (Å²) in [6.45, 7) is 13.5. The molecule has 5 atom stereocenters. The molecule has 0 unspecified atom stereocenters. The summed E-state index contributed by atoms with van der Waals surface area (Å²) in [7, 11) is -3.99. The summed E-state index contributed by atoms with van der Waals surface area (Å²) in [6.07, 6.45) is 9.51. The van der Waals surface area contributed by atoms with Gasteiger partial charge in [-0.3, -0.25) is 28.8 Å². The van der Waals surface area contributed by atoms with E-state index in [1.54, 1.807) is 32.6 Å². The Morgan fingerprint density at radius 3 is 2.58 bits per heavy atom. The standard InChI is InChI=1S/C46H63N5O10S/c1-30-39-34(35-26-33(13-14-36(35)47-30)59-24-21-50-19-22-58-23-20-50)15-16-45(61-39)28-37-40(53)48-46(42(55)49-62(56,57)44(5)17-18-44)27-32(46)12-10-8-6-7-9-11-31(41(54)51(37)29-45)25-38(52)60-43(2,3)4/h10,12-14,26,31-32,37H,6-9,11,15-25,27-29H2,1-5H3,(H,48,53)(H,49,55)/b12-10-/t31-,32-,37+,45-,46-/m1/s1. The van der Waals surface area contributed by atoms with E-state index in [1.807, 2.05) is 37.3 Å². The zero-order chi connectivity index (χ0) is 44.1. The third kappa shape index (κ3) is 9.33. The van der Waals surface area contributed by atoms with Gasteiger partial charge in [0.05, 0.1) is 42.1 Å². The number of fused-ring (bicyclic) bond motifs is 5. The molecule has 2 aliphatic carbocycles. The number of carbonyl (C=O) groups excluding carboxylic acids is 4. The van der Waals surface area contributed by atoms with Gasteiger partial charge in [-0.05, 0) is 104 Å². The largest absolute Gasteiger partial charge is 0.492 e. The number of morpholine rings is 1. The first-order valence-corrected chi connectivity index (χ1v) is 24.0. The number of hydrogen-bond acceptors (Lipinski definition) is 12. The first-order valence-electron chi connectivity index (χ1n) is 22.5. The fourth-order valence-electron chi connectivity index (χ4n) is 9.59. The molecule has 8 rings (SSSR count). The first-order chi connectivity index (χ1) is 29.4. The predicted molar refractivity (Wildman–Crippen MR) is 231 cm³/mol. The van der Waals surface area contributed by atoms with Crippen LogP contribution in [0.25, 0.3) is 10.9 Å². The van der Waals surface area contributed by atoms with Crippen molar-refractivity contribution in [1.29, 1.82) is 0 Å². The molecule has 5 heterocycles. The summed E-state index contributed by atoms with van der Waals surface area (Å²) >= 11 is 0. The van der Waals surface area contributed by atoms with Gasteiger partial charge in [-0.1, -0.05) is 25.0 Å². The van der Waals surface area contributed by atoms with Crippen LogP contribution >= 0.6 is 0 Å². The minimum Gasteiger partial charge on any atom is -0.492 e. The SMILES string of the molecule is Cc1nc2ccc(OCCN3CCOCC3)cc2c2c1O[C@]1(CC2)C[C@H]2C(=O)N[C@]3(C(=O)NS(=O)(=O)C4(C)CC4)C[C@H]3/C=C\CCCCC[C@H](CC(=O)OC(C)(C)C)C(=O)N2C1. The number of hydrogen-bond donors (Lipinski definition) is 2. The lowest BCUT2D eigenvalue weighted by atomic mass is 9.87. The molecule has 6 aliphatic rings. The smallest absolute Gasteiger partial charge is 0.307 e. The van der Waals surface area contributed by atoms with Crippen molar-refractivity contribution in [3.8, 4) is 11.5 Å².